The summed E-state index contributed by atoms with van der Waals surface area (Å²) in [6.07, 6.45) is 12.5. The minimum absolute atomic E-state index is 0.423. The first-order chi connectivity index (χ1) is 9.61. The lowest BCUT2D eigenvalue weighted by atomic mass is 9.93. The first kappa shape index (κ1) is 14.1. The second-order valence-corrected chi connectivity index (χ2v) is 4.85. The number of pyridine rings is 1. The maximum absolute atomic E-state index is 5.95. The summed E-state index contributed by atoms with van der Waals surface area (Å²) in [7, 11) is 0. The molecular formula is C17H20N2O. The van der Waals surface area contributed by atoms with Crippen molar-refractivity contribution in [3.05, 3.63) is 65.9 Å². The van der Waals surface area contributed by atoms with Gasteiger partial charge in [-0.1, -0.05) is 25.7 Å². The van der Waals surface area contributed by atoms with Crippen LogP contribution in [0.5, 0.6) is 5.75 Å². The monoisotopic (exact) mass is 268 g/mol. The molecule has 0 unspecified atom stereocenters. The molecule has 2 rings (SSSR count). The van der Waals surface area contributed by atoms with E-state index in [2.05, 4.69) is 30.6 Å². The van der Waals surface area contributed by atoms with Crippen molar-refractivity contribution in [2.24, 2.45) is 5.73 Å². The predicted molar refractivity (Wildman–Crippen MR) is 83.2 cm³/mol. The fourth-order valence-electron chi connectivity index (χ4n) is 2.13. The van der Waals surface area contributed by atoms with Gasteiger partial charge in [0.15, 0.2) is 0 Å². The van der Waals surface area contributed by atoms with Gasteiger partial charge in [-0.25, -0.2) is 0 Å². The van der Waals surface area contributed by atoms with E-state index < -0.39 is 0 Å². The van der Waals surface area contributed by atoms with E-state index in [1.165, 1.54) is 0 Å². The molecule has 104 valence electrons. The van der Waals surface area contributed by atoms with Gasteiger partial charge in [-0.2, -0.15) is 0 Å². The highest BCUT2D eigenvalue weighted by molar-refractivity contribution is 5.62. The van der Waals surface area contributed by atoms with Crippen molar-refractivity contribution in [1.82, 2.24) is 4.98 Å². The van der Waals surface area contributed by atoms with Gasteiger partial charge in [-0.15, -0.1) is 0 Å². The molecule has 20 heavy (non-hydrogen) atoms. The quantitative estimate of drug-likeness (QED) is 0.665. The van der Waals surface area contributed by atoms with E-state index in [-0.39, 0.29) is 0 Å². The molecule has 3 heteroatoms. The minimum atomic E-state index is 0.423. The standard InChI is InChI=1S/C17H20N2O/c1-4-14(9-8-13(3)18)20-16-10-11-19-17-12(2)6-5-7-15(16)17/h4-5,7-12H,3,6,18H2,1-2H3/b9-8-,14-4+/t12-/m1/s1. The molecule has 3 nitrogen and oxygen atoms in total. The lowest BCUT2D eigenvalue weighted by Crippen LogP contribution is -2.05. The molecular weight excluding hydrogens is 248 g/mol. The Labute approximate surface area is 120 Å². The Hall–Kier alpha value is -2.29. The third kappa shape index (κ3) is 3.18. The SMILES string of the molecule is C=C(N)/C=C\C(=C/C)Oc1ccnc2c1C=CC[C@H]2C. The van der Waals surface area contributed by atoms with Crippen molar-refractivity contribution in [1.29, 1.82) is 0 Å². The molecule has 2 N–H and O–H groups in total. The van der Waals surface area contributed by atoms with Crippen molar-refractivity contribution in [2.45, 2.75) is 26.2 Å². The van der Waals surface area contributed by atoms with Crippen molar-refractivity contribution in [3.63, 3.8) is 0 Å². The molecule has 0 radical (unpaired) electrons. The Kier molecular flexibility index (Phi) is 4.41. The van der Waals surface area contributed by atoms with Crippen LogP contribution in [-0.2, 0) is 0 Å². The van der Waals surface area contributed by atoms with Gasteiger partial charge in [0.1, 0.15) is 11.5 Å². The number of aromatic nitrogens is 1. The fraction of sp³-hybridized carbons (Fsp3) is 0.235. The number of hydrogen-bond donors (Lipinski definition) is 1. The molecule has 1 aromatic rings. The van der Waals surface area contributed by atoms with E-state index in [0.29, 0.717) is 11.6 Å². The Morgan fingerprint density at radius 1 is 1.50 bits per heavy atom. The third-order valence-corrected chi connectivity index (χ3v) is 3.20. The van der Waals surface area contributed by atoms with Crippen LogP contribution in [-0.4, -0.2) is 4.98 Å². The summed E-state index contributed by atoms with van der Waals surface area (Å²) in [5.41, 5.74) is 8.18. The average molecular weight is 268 g/mol. The van der Waals surface area contributed by atoms with Gasteiger partial charge in [0.2, 0.25) is 0 Å². The summed E-state index contributed by atoms with van der Waals surface area (Å²) in [6.45, 7) is 7.73. The summed E-state index contributed by atoms with van der Waals surface area (Å²) in [6, 6.07) is 1.88. The molecule has 1 aliphatic rings. The number of nitrogens with zero attached hydrogens (tertiary/aromatic N) is 1. The van der Waals surface area contributed by atoms with Crippen LogP contribution in [0, 0.1) is 0 Å². The zero-order valence-electron chi connectivity index (χ0n) is 12.0. The smallest absolute Gasteiger partial charge is 0.137 e. The molecule has 0 aromatic carbocycles. The highest BCUT2D eigenvalue weighted by atomic mass is 16.5. The third-order valence-electron chi connectivity index (χ3n) is 3.20. The molecule has 1 aromatic heterocycles. The summed E-state index contributed by atoms with van der Waals surface area (Å²) in [5, 5.41) is 0. The maximum Gasteiger partial charge on any atom is 0.137 e. The van der Waals surface area contributed by atoms with Crippen LogP contribution < -0.4 is 10.5 Å². The van der Waals surface area contributed by atoms with E-state index >= 15 is 0 Å². The van der Waals surface area contributed by atoms with E-state index in [9.17, 15) is 0 Å². The first-order valence-corrected chi connectivity index (χ1v) is 6.74. The molecule has 0 saturated heterocycles. The molecule has 0 bridgehead atoms. The Balaban J connectivity index is 2.29. The van der Waals surface area contributed by atoms with Crippen molar-refractivity contribution < 1.29 is 4.74 Å². The number of nitrogens with two attached hydrogens (primary N) is 1. The van der Waals surface area contributed by atoms with E-state index in [1.807, 2.05) is 25.1 Å². The summed E-state index contributed by atoms with van der Waals surface area (Å²) < 4.78 is 5.95. The normalized spacial score (nSPS) is 18.1. The lowest BCUT2D eigenvalue weighted by molar-refractivity contribution is 0.439. The average Bonchev–Trinajstić information content (AvgIpc) is 2.44. The number of rotatable bonds is 4. The molecule has 1 heterocycles. The van der Waals surface area contributed by atoms with Gasteiger partial charge in [-0.05, 0) is 37.6 Å². The van der Waals surface area contributed by atoms with Gasteiger partial charge < -0.3 is 10.5 Å². The second kappa shape index (κ2) is 6.24. The van der Waals surface area contributed by atoms with Crippen molar-refractivity contribution in [2.75, 3.05) is 0 Å². The highest BCUT2D eigenvalue weighted by Crippen LogP contribution is 2.34. The number of fused-ring (bicyclic) bond motifs is 1. The molecule has 0 saturated carbocycles. The largest absolute Gasteiger partial charge is 0.457 e. The Morgan fingerprint density at radius 3 is 3.00 bits per heavy atom. The van der Waals surface area contributed by atoms with Crippen LogP contribution >= 0.6 is 0 Å². The van der Waals surface area contributed by atoms with E-state index in [4.69, 9.17) is 10.5 Å². The van der Waals surface area contributed by atoms with Crippen LogP contribution in [0.3, 0.4) is 0 Å². The summed E-state index contributed by atoms with van der Waals surface area (Å²) in [5.74, 6) is 1.97. The summed E-state index contributed by atoms with van der Waals surface area (Å²) in [4.78, 5) is 4.47. The predicted octanol–water partition coefficient (Wildman–Crippen LogP) is 3.91. The van der Waals surface area contributed by atoms with Gasteiger partial charge in [0.25, 0.3) is 0 Å². The van der Waals surface area contributed by atoms with Crippen LogP contribution in [0.25, 0.3) is 6.08 Å². The lowest BCUT2D eigenvalue weighted by Gasteiger charge is -2.19. The van der Waals surface area contributed by atoms with Gasteiger partial charge in [-0.3, -0.25) is 4.98 Å². The van der Waals surface area contributed by atoms with Crippen LogP contribution in [0.4, 0.5) is 0 Å². The van der Waals surface area contributed by atoms with Crippen molar-refractivity contribution in [3.8, 4) is 5.75 Å². The zero-order valence-corrected chi connectivity index (χ0v) is 12.0. The van der Waals surface area contributed by atoms with Crippen LogP contribution in [0.2, 0.25) is 0 Å². The Morgan fingerprint density at radius 2 is 2.30 bits per heavy atom. The first-order valence-electron chi connectivity index (χ1n) is 6.74. The number of hydrogen-bond acceptors (Lipinski definition) is 3. The van der Waals surface area contributed by atoms with Gasteiger partial charge in [0, 0.05) is 23.4 Å². The number of ether oxygens (including phenoxy) is 1. The van der Waals surface area contributed by atoms with E-state index in [0.717, 1.165) is 29.2 Å². The maximum atomic E-state index is 5.95. The zero-order chi connectivity index (χ0) is 14.5. The van der Waals surface area contributed by atoms with Crippen molar-refractivity contribution >= 4 is 6.08 Å². The minimum Gasteiger partial charge on any atom is -0.457 e. The molecule has 0 fully saturated rings. The van der Waals surface area contributed by atoms with Gasteiger partial charge >= 0.3 is 0 Å². The number of allylic oxidation sites excluding steroid dienone is 4. The van der Waals surface area contributed by atoms with Gasteiger partial charge in [0.05, 0.1) is 5.69 Å². The topological polar surface area (TPSA) is 48.1 Å². The summed E-state index contributed by atoms with van der Waals surface area (Å²) >= 11 is 0. The molecule has 1 atom stereocenters. The fourth-order valence-corrected chi connectivity index (χ4v) is 2.13. The van der Waals surface area contributed by atoms with E-state index in [1.54, 1.807) is 12.3 Å². The van der Waals surface area contributed by atoms with Crippen LogP contribution in [0.1, 0.15) is 37.4 Å². The molecule has 1 aliphatic carbocycles. The second-order valence-electron chi connectivity index (χ2n) is 4.85. The Bertz CT molecular complexity index is 597. The molecule has 0 spiro atoms. The highest BCUT2D eigenvalue weighted by Gasteiger charge is 2.17. The molecule has 0 aliphatic heterocycles. The molecule has 0 amide bonds. The van der Waals surface area contributed by atoms with Crippen LogP contribution in [0.15, 0.2) is 54.6 Å².